The predicted octanol–water partition coefficient (Wildman–Crippen LogP) is -1.28. The zero-order valence-corrected chi connectivity index (χ0v) is 7.83. The summed E-state index contributed by atoms with van der Waals surface area (Å²) in [5.74, 6) is -0.295. The lowest BCUT2D eigenvalue weighted by Crippen LogP contribution is -2.31. The molecule has 1 heterocycles. The van der Waals surface area contributed by atoms with E-state index in [2.05, 4.69) is 20.8 Å². The number of H-pyrrole nitrogens is 1. The minimum absolute atomic E-state index is 0.209. The fraction of sp³-hybridized carbons (Fsp3) is 0.375. The van der Waals surface area contributed by atoms with Crippen LogP contribution in [-0.2, 0) is 0 Å². The van der Waals surface area contributed by atoms with E-state index in [1.165, 1.54) is 12.1 Å². The highest BCUT2D eigenvalue weighted by Gasteiger charge is 2.05. The zero-order chi connectivity index (χ0) is 10.4. The van der Waals surface area contributed by atoms with Crippen LogP contribution in [-0.4, -0.2) is 36.2 Å². The molecule has 0 saturated carbocycles. The second-order valence-electron chi connectivity index (χ2n) is 2.67. The van der Waals surface area contributed by atoms with Crippen molar-refractivity contribution in [3.63, 3.8) is 0 Å². The second kappa shape index (κ2) is 5.13. The van der Waals surface area contributed by atoms with E-state index in [9.17, 15) is 9.59 Å². The predicted molar refractivity (Wildman–Crippen MR) is 51.1 cm³/mol. The van der Waals surface area contributed by atoms with Crippen LogP contribution in [0.2, 0.25) is 0 Å². The Kier molecular flexibility index (Phi) is 3.81. The molecular formula is C8H12N4O2. The van der Waals surface area contributed by atoms with Crippen molar-refractivity contribution < 1.29 is 4.79 Å². The van der Waals surface area contributed by atoms with Gasteiger partial charge >= 0.3 is 0 Å². The highest BCUT2D eigenvalue weighted by molar-refractivity contribution is 5.91. The van der Waals surface area contributed by atoms with Crippen molar-refractivity contribution in [1.82, 2.24) is 20.8 Å². The first-order chi connectivity index (χ1) is 6.74. The summed E-state index contributed by atoms with van der Waals surface area (Å²) in [6.45, 7) is 1.21. The van der Waals surface area contributed by atoms with Gasteiger partial charge in [-0.25, -0.2) is 5.10 Å². The molecule has 0 unspecified atom stereocenters. The van der Waals surface area contributed by atoms with Gasteiger partial charge in [-0.15, -0.1) is 0 Å². The number of carbonyl (C=O) groups excluding carboxylic acids is 1. The van der Waals surface area contributed by atoms with E-state index >= 15 is 0 Å². The number of rotatable bonds is 4. The van der Waals surface area contributed by atoms with Gasteiger partial charge in [-0.1, -0.05) is 0 Å². The molecule has 0 fully saturated rings. The summed E-state index contributed by atoms with van der Waals surface area (Å²) in [6, 6.07) is 2.65. The van der Waals surface area contributed by atoms with Crippen molar-refractivity contribution >= 4 is 5.91 Å². The quantitative estimate of drug-likeness (QED) is 0.523. The second-order valence-corrected chi connectivity index (χ2v) is 2.67. The molecule has 0 aliphatic heterocycles. The van der Waals surface area contributed by atoms with E-state index < -0.39 is 0 Å². The number of hydrogen-bond donors (Lipinski definition) is 3. The molecule has 1 amide bonds. The number of nitrogens with zero attached hydrogens (tertiary/aromatic N) is 1. The van der Waals surface area contributed by atoms with Gasteiger partial charge in [0.15, 0.2) is 0 Å². The minimum Gasteiger partial charge on any atom is -0.349 e. The highest BCUT2D eigenvalue weighted by atomic mass is 16.2. The fourth-order valence-electron chi connectivity index (χ4n) is 0.863. The smallest absolute Gasteiger partial charge is 0.271 e. The molecule has 0 spiro atoms. The molecule has 1 aromatic rings. The Labute approximate surface area is 80.7 Å². The lowest BCUT2D eigenvalue weighted by Gasteiger charge is -2.02. The van der Waals surface area contributed by atoms with Crippen LogP contribution in [0.1, 0.15) is 10.5 Å². The number of likely N-dealkylation sites (N-methyl/N-ethyl adjacent to an activating group) is 1. The van der Waals surface area contributed by atoms with Crippen LogP contribution >= 0.6 is 0 Å². The number of aromatic amines is 1. The van der Waals surface area contributed by atoms with E-state index in [0.717, 1.165) is 0 Å². The van der Waals surface area contributed by atoms with Crippen LogP contribution in [0.5, 0.6) is 0 Å². The summed E-state index contributed by atoms with van der Waals surface area (Å²) < 4.78 is 0. The van der Waals surface area contributed by atoms with Crippen molar-refractivity contribution in [1.29, 1.82) is 0 Å². The van der Waals surface area contributed by atoms with E-state index in [0.29, 0.717) is 13.1 Å². The van der Waals surface area contributed by atoms with Gasteiger partial charge in [0.25, 0.3) is 11.5 Å². The summed E-state index contributed by atoms with van der Waals surface area (Å²) in [5.41, 5.74) is -0.113. The molecule has 0 bridgehead atoms. The Balaban J connectivity index is 2.52. The zero-order valence-electron chi connectivity index (χ0n) is 7.83. The topological polar surface area (TPSA) is 86.9 Å². The Morgan fingerprint density at radius 1 is 1.50 bits per heavy atom. The van der Waals surface area contributed by atoms with Crippen molar-refractivity contribution in [2.75, 3.05) is 20.1 Å². The molecule has 1 aromatic heterocycles. The van der Waals surface area contributed by atoms with E-state index in [4.69, 9.17) is 0 Å². The Morgan fingerprint density at radius 2 is 2.29 bits per heavy atom. The Bertz CT molecular complexity index is 340. The summed E-state index contributed by atoms with van der Waals surface area (Å²) in [4.78, 5) is 22.0. The number of carbonyl (C=O) groups is 1. The molecule has 0 radical (unpaired) electrons. The third-order valence-electron chi connectivity index (χ3n) is 1.57. The van der Waals surface area contributed by atoms with Crippen LogP contribution in [0.3, 0.4) is 0 Å². The average molecular weight is 196 g/mol. The van der Waals surface area contributed by atoms with Gasteiger partial charge in [0.05, 0.1) is 0 Å². The van der Waals surface area contributed by atoms with Gasteiger partial charge in [0.2, 0.25) is 0 Å². The molecule has 1 rings (SSSR count). The molecule has 0 aromatic carbocycles. The maximum absolute atomic E-state index is 11.3. The van der Waals surface area contributed by atoms with Gasteiger partial charge in [0.1, 0.15) is 5.69 Å². The molecule has 0 aliphatic carbocycles. The van der Waals surface area contributed by atoms with Crippen molar-refractivity contribution in [2.45, 2.75) is 0 Å². The number of hydrogen-bond acceptors (Lipinski definition) is 4. The van der Waals surface area contributed by atoms with Crippen molar-refractivity contribution in [3.8, 4) is 0 Å². The van der Waals surface area contributed by atoms with Gasteiger partial charge < -0.3 is 10.6 Å². The van der Waals surface area contributed by atoms with Gasteiger partial charge in [-0.2, -0.15) is 5.10 Å². The van der Waals surface area contributed by atoms with Crippen LogP contribution in [0.25, 0.3) is 0 Å². The van der Waals surface area contributed by atoms with Crippen LogP contribution < -0.4 is 16.2 Å². The third kappa shape index (κ3) is 2.98. The normalized spacial score (nSPS) is 9.79. The largest absolute Gasteiger partial charge is 0.349 e. The molecule has 6 nitrogen and oxygen atoms in total. The molecule has 0 aliphatic rings. The summed E-state index contributed by atoms with van der Waals surface area (Å²) >= 11 is 0. The number of nitrogens with one attached hydrogen (secondary N) is 3. The maximum Gasteiger partial charge on any atom is 0.271 e. The average Bonchev–Trinajstić information content (AvgIpc) is 2.19. The van der Waals surface area contributed by atoms with Crippen LogP contribution in [0, 0.1) is 0 Å². The highest BCUT2D eigenvalue weighted by Crippen LogP contribution is 1.86. The molecular weight excluding hydrogens is 184 g/mol. The van der Waals surface area contributed by atoms with Gasteiger partial charge in [0, 0.05) is 19.2 Å². The van der Waals surface area contributed by atoms with Crippen molar-refractivity contribution in [2.24, 2.45) is 0 Å². The molecule has 0 saturated heterocycles. The van der Waals surface area contributed by atoms with Crippen LogP contribution in [0.15, 0.2) is 16.9 Å². The molecule has 0 atom stereocenters. The number of amides is 1. The monoisotopic (exact) mass is 196 g/mol. The summed E-state index contributed by atoms with van der Waals surface area (Å²) in [6.07, 6.45) is 0. The maximum atomic E-state index is 11.3. The van der Waals surface area contributed by atoms with Gasteiger partial charge in [-0.05, 0) is 13.1 Å². The van der Waals surface area contributed by atoms with E-state index in [1.54, 1.807) is 7.05 Å². The molecule has 3 N–H and O–H groups in total. The third-order valence-corrected chi connectivity index (χ3v) is 1.57. The van der Waals surface area contributed by atoms with E-state index in [1.807, 2.05) is 0 Å². The number of aromatic nitrogens is 2. The fourth-order valence-corrected chi connectivity index (χ4v) is 0.863. The van der Waals surface area contributed by atoms with Gasteiger partial charge in [-0.3, -0.25) is 9.59 Å². The standard InChI is InChI=1S/C8H12N4O2/c1-9-4-5-10-8(14)6-2-3-7(13)12-11-6/h2-3,9H,4-5H2,1H3,(H,10,14)(H,12,13). The molecule has 14 heavy (non-hydrogen) atoms. The van der Waals surface area contributed by atoms with Crippen LogP contribution in [0.4, 0.5) is 0 Å². The first kappa shape index (κ1) is 10.4. The molecule has 6 heteroatoms. The Hall–Kier alpha value is -1.69. The first-order valence-corrected chi connectivity index (χ1v) is 4.22. The SMILES string of the molecule is CNCCNC(=O)c1ccc(=O)[nH]n1. The minimum atomic E-state index is -0.322. The molecule has 76 valence electrons. The summed E-state index contributed by atoms with van der Waals surface area (Å²) in [5, 5.41) is 11.3. The summed E-state index contributed by atoms with van der Waals surface area (Å²) in [7, 11) is 1.80. The lowest BCUT2D eigenvalue weighted by molar-refractivity contribution is 0.0948. The lowest BCUT2D eigenvalue weighted by atomic mass is 10.3. The van der Waals surface area contributed by atoms with E-state index in [-0.39, 0.29) is 17.2 Å². The Morgan fingerprint density at radius 3 is 2.86 bits per heavy atom. The van der Waals surface area contributed by atoms with Crippen molar-refractivity contribution in [3.05, 3.63) is 28.2 Å². The first-order valence-electron chi connectivity index (χ1n) is 4.22.